The van der Waals surface area contributed by atoms with Crippen molar-refractivity contribution in [1.82, 2.24) is 0 Å². The van der Waals surface area contributed by atoms with E-state index in [1.807, 2.05) is 18.2 Å². The molecule has 0 atom stereocenters. The highest BCUT2D eigenvalue weighted by Crippen LogP contribution is 2.28. The zero-order chi connectivity index (χ0) is 10.9. The lowest BCUT2D eigenvalue weighted by molar-refractivity contribution is 0.462. The SMILES string of the molecule is CCCCCCCSc1ccccc1O. The van der Waals surface area contributed by atoms with E-state index in [1.165, 1.54) is 32.1 Å². The molecule has 2 heteroatoms. The van der Waals surface area contributed by atoms with Gasteiger partial charge >= 0.3 is 0 Å². The lowest BCUT2D eigenvalue weighted by Crippen LogP contribution is -1.82. The summed E-state index contributed by atoms with van der Waals surface area (Å²) in [5, 5.41) is 9.53. The number of phenolic OH excluding ortho intramolecular Hbond substituents is 1. The number of benzene rings is 1. The molecule has 0 aliphatic heterocycles. The maximum atomic E-state index is 9.53. The minimum absolute atomic E-state index is 0.413. The van der Waals surface area contributed by atoms with E-state index in [1.54, 1.807) is 17.8 Å². The molecule has 0 aliphatic rings. The van der Waals surface area contributed by atoms with Gasteiger partial charge in [0.2, 0.25) is 0 Å². The molecule has 15 heavy (non-hydrogen) atoms. The second kappa shape index (κ2) is 7.63. The van der Waals surface area contributed by atoms with Crippen molar-refractivity contribution in [2.45, 2.75) is 43.9 Å². The summed E-state index contributed by atoms with van der Waals surface area (Å²) in [5.74, 6) is 1.53. The minimum atomic E-state index is 0.413. The molecule has 0 heterocycles. The fourth-order valence-corrected chi connectivity index (χ4v) is 2.43. The van der Waals surface area contributed by atoms with Gasteiger partial charge in [0.05, 0.1) is 0 Å². The van der Waals surface area contributed by atoms with Crippen LogP contribution in [0.1, 0.15) is 39.0 Å². The van der Waals surface area contributed by atoms with Crippen molar-refractivity contribution in [3.63, 3.8) is 0 Å². The van der Waals surface area contributed by atoms with E-state index in [0.717, 1.165) is 10.6 Å². The number of thioether (sulfide) groups is 1. The van der Waals surface area contributed by atoms with Crippen molar-refractivity contribution in [2.24, 2.45) is 0 Å². The molecule has 0 saturated carbocycles. The predicted molar refractivity (Wildman–Crippen MR) is 67.6 cm³/mol. The van der Waals surface area contributed by atoms with E-state index in [-0.39, 0.29) is 0 Å². The van der Waals surface area contributed by atoms with Gasteiger partial charge in [0, 0.05) is 4.90 Å². The Bertz CT molecular complexity index is 273. The third-order valence-corrected chi connectivity index (χ3v) is 3.52. The van der Waals surface area contributed by atoms with Gasteiger partial charge in [-0.2, -0.15) is 0 Å². The van der Waals surface area contributed by atoms with Gasteiger partial charge in [0.15, 0.2) is 0 Å². The van der Waals surface area contributed by atoms with Crippen LogP contribution in [0.5, 0.6) is 5.75 Å². The summed E-state index contributed by atoms with van der Waals surface area (Å²) in [6.07, 6.45) is 6.55. The number of hydrogen-bond donors (Lipinski definition) is 1. The fraction of sp³-hybridized carbons (Fsp3) is 0.538. The molecule has 0 radical (unpaired) electrons. The molecule has 0 spiro atoms. The third-order valence-electron chi connectivity index (χ3n) is 2.37. The second-order valence-corrected chi connectivity index (χ2v) is 4.87. The molecule has 0 aromatic heterocycles. The first-order valence-corrected chi connectivity index (χ1v) is 6.74. The molecular weight excluding hydrogens is 204 g/mol. The van der Waals surface area contributed by atoms with Crippen LogP contribution in [0.4, 0.5) is 0 Å². The molecule has 0 fully saturated rings. The Morgan fingerprint density at radius 3 is 2.53 bits per heavy atom. The average Bonchev–Trinajstić information content (AvgIpc) is 2.25. The molecule has 84 valence electrons. The van der Waals surface area contributed by atoms with E-state index >= 15 is 0 Å². The predicted octanol–water partition coefficient (Wildman–Crippen LogP) is 4.45. The number of aromatic hydroxyl groups is 1. The van der Waals surface area contributed by atoms with Gasteiger partial charge in [-0.15, -0.1) is 11.8 Å². The van der Waals surface area contributed by atoms with Crippen LogP contribution in [0, 0.1) is 0 Å². The van der Waals surface area contributed by atoms with Crippen LogP contribution >= 0.6 is 11.8 Å². The maximum Gasteiger partial charge on any atom is 0.129 e. The molecule has 1 N–H and O–H groups in total. The van der Waals surface area contributed by atoms with E-state index in [4.69, 9.17) is 0 Å². The molecule has 0 unspecified atom stereocenters. The number of rotatable bonds is 7. The minimum Gasteiger partial charge on any atom is -0.507 e. The number of para-hydroxylation sites is 1. The molecule has 0 saturated heterocycles. The van der Waals surface area contributed by atoms with Gasteiger partial charge in [-0.05, 0) is 24.3 Å². The topological polar surface area (TPSA) is 20.2 Å². The highest BCUT2D eigenvalue weighted by molar-refractivity contribution is 7.99. The summed E-state index contributed by atoms with van der Waals surface area (Å²) in [5.41, 5.74) is 0. The smallest absolute Gasteiger partial charge is 0.129 e. The zero-order valence-corrected chi connectivity index (χ0v) is 10.2. The first-order valence-electron chi connectivity index (χ1n) is 5.75. The van der Waals surface area contributed by atoms with Crippen LogP contribution in [-0.2, 0) is 0 Å². The number of unbranched alkanes of at least 4 members (excludes halogenated alkanes) is 4. The molecule has 1 aromatic rings. The van der Waals surface area contributed by atoms with E-state index < -0.39 is 0 Å². The van der Waals surface area contributed by atoms with Crippen LogP contribution < -0.4 is 0 Å². The van der Waals surface area contributed by atoms with E-state index in [9.17, 15) is 5.11 Å². The Hall–Kier alpha value is -0.630. The van der Waals surface area contributed by atoms with Gasteiger partial charge in [0.1, 0.15) is 5.75 Å². The van der Waals surface area contributed by atoms with Crippen LogP contribution in [-0.4, -0.2) is 10.9 Å². The van der Waals surface area contributed by atoms with Crippen molar-refractivity contribution >= 4 is 11.8 Å². The normalized spacial score (nSPS) is 10.5. The molecule has 0 bridgehead atoms. The van der Waals surface area contributed by atoms with Gasteiger partial charge in [0.25, 0.3) is 0 Å². The van der Waals surface area contributed by atoms with Crippen LogP contribution in [0.15, 0.2) is 29.2 Å². The van der Waals surface area contributed by atoms with Crippen LogP contribution in [0.2, 0.25) is 0 Å². The molecular formula is C13H20OS. The Morgan fingerprint density at radius 2 is 1.80 bits per heavy atom. The fourth-order valence-electron chi connectivity index (χ4n) is 1.47. The average molecular weight is 224 g/mol. The first kappa shape index (κ1) is 12.4. The van der Waals surface area contributed by atoms with Crippen LogP contribution in [0.3, 0.4) is 0 Å². The van der Waals surface area contributed by atoms with E-state index in [0.29, 0.717) is 5.75 Å². The summed E-state index contributed by atoms with van der Waals surface area (Å²) in [6.45, 7) is 2.23. The quantitative estimate of drug-likeness (QED) is 0.545. The number of hydrogen-bond acceptors (Lipinski definition) is 2. The van der Waals surface area contributed by atoms with E-state index in [2.05, 4.69) is 6.92 Å². The molecule has 1 nitrogen and oxygen atoms in total. The van der Waals surface area contributed by atoms with Crippen molar-refractivity contribution in [3.05, 3.63) is 24.3 Å². The van der Waals surface area contributed by atoms with Crippen molar-refractivity contribution in [2.75, 3.05) is 5.75 Å². The largest absolute Gasteiger partial charge is 0.507 e. The van der Waals surface area contributed by atoms with Gasteiger partial charge in [-0.1, -0.05) is 44.7 Å². The molecule has 0 amide bonds. The first-order chi connectivity index (χ1) is 7.34. The van der Waals surface area contributed by atoms with Crippen molar-refractivity contribution < 1.29 is 5.11 Å². The molecule has 1 aromatic carbocycles. The summed E-state index contributed by atoms with van der Waals surface area (Å²) >= 11 is 1.76. The lowest BCUT2D eigenvalue weighted by atomic mass is 10.2. The third kappa shape index (κ3) is 5.12. The Balaban J connectivity index is 2.12. The van der Waals surface area contributed by atoms with Gasteiger partial charge < -0.3 is 5.11 Å². The molecule has 1 rings (SSSR count). The Kier molecular flexibility index (Phi) is 6.33. The molecule has 0 aliphatic carbocycles. The summed E-state index contributed by atoms with van der Waals surface area (Å²) in [7, 11) is 0. The van der Waals surface area contributed by atoms with Gasteiger partial charge in [-0.25, -0.2) is 0 Å². The lowest BCUT2D eigenvalue weighted by Gasteiger charge is -2.03. The standard InChI is InChI=1S/C13H20OS/c1-2-3-4-5-8-11-15-13-10-7-6-9-12(13)14/h6-7,9-10,14H,2-5,8,11H2,1H3. The number of phenols is 1. The van der Waals surface area contributed by atoms with Crippen LogP contribution in [0.25, 0.3) is 0 Å². The summed E-state index contributed by atoms with van der Waals surface area (Å²) in [6, 6.07) is 7.56. The van der Waals surface area contributed by atoms with Crippen molar-refractivity contribution in [1.29, 1.82) is 0 Å². The second-order valence-electron chi connectivity index (χ2n) is 3.73. The van der Waals surface area contributed by atoms with Crippen molar-refractivity contribution in [3.8, 4) is 5.75 Å². The monoisotopic (exact) mass is 224 g/mol. The maximum absolute atomic E-state index is 9.53. The Morgan fingerprint density at radius 1 is 1.07 bits per heavy atom. The van der Waals surface area contributed by atoms with Gasteiger partial charge in [-0.3, -0.25) is 0 Å². The zero-order valence-electron chi connectivity index (χ0n) is 9.41. The highest BCUT2D eigenvalue weighted by atomic mass is 32.2. The summed E-state index contributed by atoms with van der Waals surface area (Å²) < 4.78 is 0. The summed E-state index contributed by atoms with van der Waals surface area (Å²) in [4.78, 5) is 1.01. The highest BCUT2D eigenvalue weighted by Gasteiger charge is 1.99. The Labute approximate surface area is 96.9 Å².